The monoisotopic (exact) mass is 330 g/mol. The summed E-state index contributed by atoms with van der Waals surface area (Å²) >= 11 is 2.26. The van der Waals surface area contributed by atoms with Crippen molar-refractivity contribution in [1.82, 2.24) is 0 Å². The quantitative estimate of drug-likeness (QED) is 0.607. The van der Waals surface area contributed by atoms with E-state index < -0.39 is 0 Å². The average molecular weight is 330 g/mol. The Labute approximate surface area is 110 Å². The predicted molar refractivity (Wildman–Crippen MR) is 72.3 cm³/mol. The molecular formula is C13H15IO2. The average Bonchev–Trinajstić information content (AvgIpc) is 3.11. The zero-order valence-electron chi connectivity index (χ0n) is 9.33. The zero-order chi connectivity index (χ0) is 11.5. The standard InChI is InChI=1S/C13H15IO2/c1-2-5-16-11-6-10(8-15)13(14)12(7-11)9-3-4-9/h6-9H,2-5H2,1H3. The Bertz CT molecular complexity index is 397. The van der Waals surface area contributed by atoms with Gasteiger partial charge in [-0.15, -0.1) is 0 Å². The van der Waals surface area contributed by atoms with Gasteiger partial charge in [0.1, 0.15) is 5.75 Å². The van der Waals surface area contributed by atoms with Crippen LogP contribution in [0, 0.1) is 3.57 Å². The summed E-state index contributed by atoms with van der Waals surface area (Å²) in [6.07, 6.45) is 4.39. The van der Waals surface area contributed by atoms with Gasteiger partial charge in [-0.3, -0.25) is 4.79 Å². The molecule has 0 N–H and O–H groups in total. The molecule has 0 heterocycles. The summed E-state index contributed by atoms with van der Waals surface area (Å²) in [6, 6.07) is 3.94. The van der Waals surface area contributed by atoms with E-state index in [1.807, 2.05) is 6.07 Å². The number of hydrogen-bond donors (Lipinski definition) is 0. The van der Waals surface area contributed by atoms with Crippen LogP contribution in [0.1, 0.15) is 48.0 Å². The maximum absolute atomic E-state index is 11.0. The Morgan fingerprint density at radius 3 is 2.81 bits per heavy atom. The van der Waals surface area contributed by atoms with Gasteiger partial charge in [-0.2, -0.15) is 0 Å². The summed E-state index contributed by atoms with van der Waals surface area (Å²) in [7, 11) is 0. The summed E-state index contributed by atoms with van der Waals surface area (Å²) in [5, 5.41) is 0. The second-order valence-corrected chi connectivity index (χ2v) is 5.24. The van der Waals surface area contributed by atoms with Crippen LogP contribution in [0.25, 0.3) is 0 Å². The molecule has 1 aliphatic rings. The number of carbonyl (C=O) groups is 1. The van der Waals surface area contributed by atoms with Crippen LogP contribution in [0.15, 0.2) is 12.1 Å². The first-order chi connectivity index (χ1) is 7.76. The summed E-state index contributed by atoms with van der Waals surface area (Å²) in [5.41, 5.74) is 2.05. The molecule has 0 amide bonds. The number of carbonyl (C=O) groups excluding carboxylic acids is 1. The van der Waals surface area contributed by atoms with Gasteiger partial charge >= 0.3 is 0 Å². The molecule has 0 saturated heterocycles. The fraction of sp³-hybridized carbons (Fsp3) is 0.462. The lowest BCUT2D eigenvalue weighted by Gasteiger charge is -2.10. The molecule has 0 spiro atoms. The van der Waals surface area contributed by atoms with E-state index in [4.69, 9.17) is 4.74 Å². The van der Waals surface area contributed by atoms with E-state index in [1.165, 1.54) is 18.4 Å². The third-order valence-corrected chi connectivity index (χ3v) is 3.97. The van der Waals surface area contributed by atoms with Crippen molar-refractivity contribution in [3.05, 3.63) is 26.8 Å². The fourth-order valence-corrected chi connectivity index (χ4v) is 2.60. The Morgan fingerprint density at radius 1 is 1.50 bits per heavy atom. The smallest absolute Gasteiger partial charge is 0.151 e. The number of ether oxygens (including phenoxy) is 1. The number of benzene rings is 1. The Kier molecular flexibility index (Phi) is 3.84. The summed E-state index contributed by atoms with van der Waals surface area (Å²) in [5.74, 6) is 1.49. The second-order valence-electron chi connectivity index (χ2n) is 4.16. The van der Waals surface area contributed by atoms with Crippen molar-refractivity contribution >= 4 is 28.9 Å². The molecule has 1 aliphatic carbocycles. The van der Waals surface area contributed by atoms with Gasteiger partial charge in [0.2, 0.25) is 0 Å². The summed E-state index contributed by atoms with van der Waals surface area (Å²) < 4.78 is 6.71. The van der Waals surface area contributed by atoms with Crippen molar-refractivity contribution in [1.29, 1.82) is 0 Å². The predicted octanol–water partition coefficient (Wildman–Crippen LogP) is 3.77. The third kappa shape index (κ3) is 2.56. The normalized spacial score (nSPS) is 14.9. The molecule has 3 heteroatoms. The van der Waals surface area contributed by atoms with Crippen molar-refractivity contribution in [3.63, 3.8) is 0 Å². The number of halogens is 1. The van der Waals surface area contributed by atoms with Crippen LogP contribution < -0.4 is 4.74 Å². The van der Waals surface area contributed by atoms with E-state index in [0.29, 0.717) is 12.5 Å². The lowest BCUT2D eigenvalue weighted by molar-refractivity contribution is 0.112. The zero-order valence-corrected chi connectivity index (χ0v) is 11.5. The van der Waals surface area contributed by atoms with E-state index >= 15 is 0 Å². The molecule has 0 atom stereocenters. The van der Waals surface area contributed by atoms with Gasteiger partial charge in [0.15, 0.2) is 6.29 Å². The van der Waals surface area contributed by atoms with Gasteiger partial charge in [0, 0.05) is 9.13 Å². The van der Waals surface area contributed by atoms with Gasteiger partial charge in [-0.1, -0.05) is 6.92 Å². The van der Waals surface area contributed by atoms with Crippen LogP contribution in [0.3, 0.4) is 0 Å². The molecule has 0 radical (unpaired) electrons. The Balaban J connectivity index is 2.31. The van der Waals surface area contributed by atoms with Crippen molar-refractivity contribution < 1.29 is 9.53 Å². The fourth-order valence-electron chi connectivity index (χ4n) is 1.72. The van der Waals surface area contributed by atoms with Crippen LogP contribution in [-0.4, -0.2) is 12.9 Å². The minimum absolute atomic E-state index is 0.649. The number of rotatable bonds is 5. The van der Waals surface area contributed by atoms with E-state index in [-0.39, 0.29) is 0 Å². The Hall–Kier alpha value is -0.580. The van der Waals surface area contributed by atoms with Crippen LogP contribution in [0.2, 0.25) is 0 Å². The van der Waals surface area contributed by atoms with E-state index in [9.17, 15) is 4.79 Å². The first-order valence-corrected chi connectivity index (χ1v) is 6.75. The van der Waals surface area contributed by atoms with E-state index in [1.54, 1.807) is 0 Å². The molecule has 0 unspecified atom stereocenters. The minimum atomic E-state index is 0.649. The van der Waals surface area contributed by atoms with Crippen LogP contribution in [-0.2, 0) is 0 Å². The van der Waals surface area contributed by atoms with Crippen molar-refractivity contribution in [2.24, 2.45) is 0 Å². The van der Waals surface area contributed by atoms with Crippen molar-refractivity contribution in [2.75, 3.05) is 6.61 Å². The molecule has 0 aromatic heterocycles. The first-order valence-electron chi connectivity index (χ1n) is 5.67. The lowest BCUT2D eigenvalue weighted by Crippen LogP contribution is -1.99. The first kappa shape index (κ1) is 11.9. The maximum atomic E-state index is 11.0. The SMILES string of the molecule is CCCOc1cc(C=O)c(I)c(C2CC2)c1. The number of aldehydes is 1. The summed E-state index contributed by atoms with van der Waals surface area (Å²) in [6.45, 7) is 2.79. The molecule has 2 nitrogen and oxygen atoms in total. The van der Waals surface area contributed by atoms with E-state index in [2.05, 4.69) is 35.6 Å². The van der Waals surface area contributed by atoms with E-state index in [0.717, 1.165) is 27.6 Å². The van der Waals surface area contributed by atoms with Crippen LogP contribution in [0.5, 0.6) is 5.75 Å². The Morgan fingerprint density at radius 2 is 2.25 bits per heavy atom. The highest BCUT2D eigenvalue weighted by molar-refractivity contribution is 14.1. The second kappa shape index (κ2) is 5.17. The highest BCUT2D eigenvalue weighted by Crippen LogP contribution is 2.44. The molecule has 0 aliphatic heterocycles. The van der Waals surface area contributed by atoms with Crippen LogP contribution in [0.4, 0.5) is 0 Å². The molecular weight excluding hydrogens is 315 g/mol. The molecule has 16 heavy (non-hydrogen) atoms. The van der Waals surface area contributed by atoms with Gasteiger partial charge in [-0.25, -0.2) is 0 Å². The molecule has 1 saturated carbocycles. The minimum Gasteiger partial charge on any atom is -0.494 e. The van der Waals surface area contributed by atoms with Crippen molar-refractivity contribution in [3.8, 4) is 5.75 Å². The highest BCUT2D eigenvalue weighted by atomic mass is 127. The third-order valence-electron chi connectivity index (χ3n) is 2.72. The molecule has 1 aromatic rings. The van der Waals surface area contributed by atoms with Gasteiger partial charge < -0.3 is 4.74 Å². The maximum Gasteiger partial charge on any atom is 0.151 e. The molecule has 2 rings (SSSR count). The van der Waals surface area contributed by atoms with Crippen molar-refractivity contribution in [2.45, 2.75) is 32.1 Å². The molecule has 86 valence electrons. The molecule has 1 fully saturated rings. The van der Waals surface area contributed by atoms with Gasteiger partial charge in [-0.05, 0) is 65.5 Å². The lowest BCUT2D eigenvalue weighted by atomic mass is 10.1. The van der Waals surface area contributed by atoms with Crippen LogP contribution >= 0.6 is 22.6 Å². The summed E-state index contributed by atoms with van der Waals surface area (Å²) in [4.78, 5) is 11.0. The number of hydrogen-bond acceptors (Lipinski definition) is 2. The highest BCUT2D eigenvalue weighted by Gasteiger charge is 2.27. The largest absolute Gasteiger partial charge is 0.494 e. The molecule has 0 bridgehead atoms. The molecule has 1 aromatic carbocycles. The van der Waals surface area contributed by atoms with Gasteiger partial charge in [0.25, 0.3) is 0 Å². The van der Waals surface area contributed by atoms with Gasteiger partial charge in [0.05, 0.1) is 6.61 Å². The topological polar surface area (TPSA) is 26.3 Å².